The first-order valence-corrected chi connectivity index (χ1v) is 12.3. The van der Waals surface area contributed by atoms with Crippen LogP contribution < -0.4 is 5.32 Å². The van der Waals surface area contributed by atoms with Crippen molar-refractivity contribution in [1.29, 1.82) is 0 Å². The van der Waals surface area contributed by atoms with Gasteiger partial charge in [0.1, 0.15) is 11.0 Å². The molecule has 0 atom stereocenters. The number of hydrogen-bond acceptors (Lipinski definition) is 5. The standard InChI is InChI=1S/C24H31N2O5P/c1-5-26(6-2)24(28)21(25-23(27)20-17-13-10-14-18-20)22(19-15-11-9-12-16-19)32(29,30-7-3)31-8-4/h9-18H,5-8H2,1-4H3,(H,25,27)/b22-21-. The van der Waals surface area contributed by atoms with Crippen LogP contribution in [-0.2, 0) is 18.4 Å². The van der Waals surface area contributed by atoms with Crippen molar-refractivity contribution in [1.82, 2.24) is 10.2 Å². The fourth-order valence-electron chi connectivity index (χ4n) is 3.20. The summed E-state index contributed by atoms with van der Waals surface area (Å²) in [5.41, 5.74) is 0.730. The Morgan fingerprint density at radius 3 is 1.72 bits per heavy atom. The molecule has 8 heteroatoms. The van der Waals surface area contributed by atoms with E-state index in [9.17, 15) is 14.2 Å². The van der Waals surface area contributed by atoms with Crippen LogP contribution in [0.25, 0.3) is 5.31 Å². The van der Waals surface area contributed by atoms with E-state index >= 15 is 0 Å². The molecule has 2 aromatic rings. The number of rotatable bonds is 11. The van der Waals surface area contributed by atoms with Gasteiger partial charge in [0, 0.05) is 18.7 Å². The average Bonchev–Trinajstić information content (AvgIpc) is 2.80. The lowest BCUT2D eigenvalue weighted by Gasteiger charge is -2.27. The highest BCUT2D eigenvalue weighted by Gasteiger charge is 2.37. The molecule has 0 saturated heterocycles. The maximum absolute atomic E-state index is 14.0. The lowest BCUT2D eigenvalue weighted by atomic mass is 10.1. The van der Waals surface area contributed by atoms with E-state index in [0.29, 0.717) is 24.2 Å². The number of hydrogen-bond donors (Lipinski definition) is 1. The maximum Gasteiger partial charge on any atom is 0.364 e. The van der Waals surface area contributed by atoms with E-state index in [-0.39, 0.29) is 24.2 Å². The summed E-state index contributed by atoms with van der Waals surface area (Å²) in [5, 5.41) is 2.76. The Morgan fingerprint density at radius 2 is 1.28 bits per heavy atom. The molecule has 0 radical (unpaired) electrons. The number of nitrogens with one attached hydrogen (secondary N) is 1. The van der Waals surface area contributed by atoms with Gasteiger partial charge in [-0.15, -0.1) is 0 Å². The Balaban J connectivity index is 2.80. The SMILES string of the molecule is CCOP(=O)(OCC)/C(=C(\NC(=O)c1ccccc1)C(=O)N(CC)CC)c1ccccc1. The second-order valence-electron chi connectivity index (χ2n) is 6.72. The summed E-state index contributed by atoms with van der Waals surface area (Å²) in [4.78, 5) is 28.2. The first-order valence-electron chi connectivity index (χ1n) is 10.8. The van der Waals surface area contributed by atoms with E-state index in [1.807, 2.05) is 19.9 Å². The fourth-order valence-corrected chi connectivity index (χ4v) is 5.10. The van der Waals surface area contributed by atoms with Crippen LogP contribution in [0.2, 0.25) is 0 Å². The molecule has 0 spiro atoms. The van der Waals surface area contributed by atoms with Crippen LogP contribution in [0.15, 0.2) is 66.4 Å². The van der Waals surface area contributed by atoms with Gasteiger partial charge >= 0.3 is 7.60 Å². The molecule has 1 N–H and O–H groups in total. The second-order valence-corrected chi connectivity index (χ2v) is 8.68. The summed E-state index contributed by atoms with van der Waals surface area (Å²) in [7, 11) is -3.95. The Morgan fingerprint density at radius 1 is 0.812 bits per heavy atom. The molecule has 0 fully saturated rings. The summed E-state index contributed by atoms with van der Waals surface area (Å²) in [6, 6.07) is 17.3. The first kappa shape index (κ1) is 25.5. The third-order valence-corrected chi connectivity index (χ3v) is 6.92. The van der Waals surface area contributed by atoms with Gasteiger partial charge in [0.15, 0.2) is 0 Å². The molecule has 2 rings (SSSR count). The molecule has 0 aromatic heterocycles. The van der Waals surface area contributed by atoms with Gasteiger partial charge in [0.25, 0.3) is 11.8 Å². The van der Waals surface area contributed by atoms with Crippen LogP contribution >= 0.6 is 7.60 Å². The maximum atomic E-state index is 14.0. The van der Waals surface area contributed by atoms with E-state index in [1.54, 1.807) is 73.3 Å². The van der Waals surface area contributed by atoms with Crippen molar-refractivity contribution >= 4 is 24.7 Å². The number of carbonyl (C=O) groups excluding carboxylic acids is 2. The highest BCUT2D eigenvalue weighted by Crippen LogP contribution is 2.61. The molecule has 0 saturated carbocycles. The van der Waals surface area contributed by atoms with E-state index in [0.717, 1.165) is 0 Å². The number of likely N-dealkylation sites (N-methyl/N-ethyl adjacent to an activating group) is 1. The smallest absolute Gasteiger partial charge is 0.338 e. The molecule has 7 nitrogen and oxygen atoms in total. The van der Waals surface area contributed by atoms with Crippen LogP contribution in [-0.4, -0.2) is 43.0 Å². The normalized spacial score (nSPS) is 12.1. The zero-order valence-corrected chi connectivity index (χ0v) is 19.9. The van der Waals surface area contributed by atoms with E-state index in [2.05, 4.69) is 5.32 Å². The molecule has 0 aliphatic carbocycles. The molecule has 0 aliphatic rings. The Hall–Kier alpha value is -2.73. The highest BCUT2D eigenvalue weighted by molar-refractivity contribution is 7.65. The van der Waals surface area contributed by atoms with Crippen molar-refractivity contribution in [3.05, 3.63) is 77.5 Å². The molecule has 0 aliphatic heterocycles. The topological polar surface area (TPSA) is 84.9 Å². The third-order valence-electron chi connectivity index (χ3n) is 4.70. The molecule has 0 bridgehead atoms. The van der Waals surface area contributed by atoms with Gasteiger partial charge in [-0.2, -0.15) is 0 Å². The minimum absolute atomic E-state index is 0.0444. The minimum atomic E-state index is -3.95. The molecular formula is C24H31N2O5P. The van der Waals surface area contributed by atoms with Gasteiger partial charge in [0.05, 0.1) is 13.2 Å². The van der Waals surface area contributed by atoms with Crippen molar-refractivity contribution < 1.29 is 23.2 Å². The summed E-state index contributed by atoms with van der Waals surface area (Å²) >= 11 is 0. The lowest BCUT2D eigenvalue weighted by Crippen LogP contribution is -2.39. The number of amides is 2. The Labute approximate surface area is 190 Å². The van der Waals surface area contributed by atoms with Gasteiger partial charge < -0.3 is 19.3 Å². The van der Waals surface area contributed by atoms with Crippen LogP contribution in [0.3, 0.4) is 0 Å². The largest absolute Gasteiger partial charge is 0.364 e. The van der Waals surface area contributed by atoms with Crippen molar-refractivity contribution in [2.75, 3.05) is 26.3 Å². The van der Waals surface area contributed by atoms with Crippen molar-refractivity contribution in [2.24, 2.45) is 0 Å². The lowest BCUT2D eigenvalue weighted by molar-refractivity contribution is -0.127. The second kappa shape index (κ2) is 12.3. The number of nitrogens with zero attached hydrogens (tertiary/aromatic N) is 1. The van der Waals surface area contributed by atoms with Crippen LogP contribution in [0, 0.1) is 0 Å². The van der Waals surface area contributed by atoms with Crippen LogP contribution in [0.1, 0.15) is 43.6 Å². The van der Waals surface area contributed by atoms with E-state index in [1.165, 1.54) is 0 Å². The Bertz CT molecular complexity index is 962. The summed E-state index contributed by atoms with van der Waals surface area (Å²) in [5.74, 6) is -0.952. The van der Waals surface area contributed by atoms with Crippen molar-refractivity contribution in [3.63, 3.8) is 0 Å². The number of benzene rings is 2. The predicted octanol–water partition coefficient (Wildman–Crippen LogP) is 4.92. The molecular weight excluding hydrogens is 427 g/mol. The van der Waals surface area contributed by atoms with Crippen molar-refractivity contribution in [2.45, 2.75) is 27.7 Å². The van der Waals surface area contributed by atoms with Crippen LogP contribution in [0.5, 0.6) is 0 Å². The van der Waals surface area contributed by atoms with Crippen LogP contribution in [0.4, 0.5) is 0 Å². The first-order chi connectivity index (χ1) is 15.4. The van der Waals surface area contributed by atoms with Gasteiger partial charge in [-0.25, -0.2) is 0 Å². The molecule has 2 aromatic carbocycles. The summed E-state index contributed by atoms with van der Waals surface area (Å²) < 4.78 is 25.2. The zero-order chi connectivity index (χ0) is 23.6. The molecule has 172 valence electrons. The third kappa shape index (κ3) is 6.16. The van der Waals surface area contributed by atoms with E-state index in [4.69, 9.17) is 9.05 Å². The monoisotopic (exact) mass is 458 g/mol. The quantitative estimate of drug-likeness (QED) is 0.382. The summed E-state index contributed by atoms with van der Waals surface area (Å²) in [6.07, 6.45) is 0. The molecule has 2 amide bonds. The summed E-state index contributed by atoms with van der Waals surface area (Å²) in [6.45, 7) is 8.10. The molecule has 0 heterocycles. The Kier molecular flexibility index (Phi) is 9.85. The van der Waals surface area contributed by atoms with E-state index < -0.39 is 19.4 Å². The average molecular weight is 458 g/mol. The highest BCUT2D eigenvalue weighted by atomic mass is 31.2. The molecule has 0 unspecified atom stereocenters. The minimum Gasteiger partial charge on any atom is -0.338 e. The van der Waals surface area contributed by atoms with Gasteiger partial charge in [-0.05, 0) is 45.4 Å². The van der Waals surface area contributed by atoms with Gasteiger partial charge in [-0.1, -0.05) is 48.5 Å². The van der Waals surface area contributed by atoms with Gasteiger partial charge in [0.2, 0.25) is 0 Å². The number of carbonyl (C=O) groups is 2. The zero-order valence-electron chi connectivity index (χ0n) is 19.0. The predicted molar refractivity (Wildman–Crippen MR) is 126 cm³/mol. The van der Waals surface area contributed by atoms with Gasteiger partial charge in [-0.3, -0.25) is 14.2 Å². The molecule has 32 heavy (non-hydrogen) atoms. The van der Waals surface area contributed by atoms with Crippen molar-refractivity contribution in [3.8, 4) is 0 Å². The fraction of sp³-hybridized carbons (Fsp3) is 0.333.